The first kappa shape index (κ1) is 31.9. The highest BCUT2D eigenvalue weighted by atomic mass is 35.5. The van der Waals surface area contributed by atoms with Gasteiger partial charge >= 0.3 is 5.97 Å². The van der Waals surface area contributed by atoms with E-state index in [1.165, 1.54) is 11.3 Å². The van der Waals surface area contributed by atoms with E-state index in [0.717, 1.165) is 32.3 Å². The van der Waals surface area contributed by atoms with E-state index in [4.69, 9.17) is 33.1 Å². The number of carbonyl (C=O) groups is 2. The number of amidine groups is 2. The van der Waals surface area contributed by atoms with Crippen molar-refractivity contribution < 1.29 is 14.7 Å². The van der Waals surface area contributed by atoms with Crippen molar-refractivity contribution in [3.8, 4) is 11.8 Å². The van der Waals surface area contributed by atoms with Gasteiger partial charge in [0.2, 0.25) is 5.91 Å². The topological polar surface area (TPSA) is 150 Å². The maximum atomic E-state index is 13.7. The van der Waals surface area contributed by atoms with Crippen molar-refractivity contribution in [1.82, 2.24) is 4.90 Å². The Morgan fingerprint density at radius 2 is 1.82 bits per heavy atom. The Labute approximate surface area is 271 Å². The van der Waals surface area contributed by atoms with Crippen molar-refractivity contribution in [1.29, 1.82) is 10.8 Å². The number of halogens is 1. The van der Waals surface area contributed by atoms with Crippen LogP contribution in [0.5, 0.6) is 0 Å². The second kappa shape index (κ2) is 13.2. The fraction of sp³-hybridized carbons (Fsp3) is 0.303. The van der Waals surface area contributed by atoms with Gasteiger partial charge in [-0.2, -0.15) is 0 Å². The van der Waals surface area contributed by atoms with E-state index >= 15 is 0 Å². The lowest BCUT2D eigenvalue weighted by Gasteiger charge is -2.37. The Bertz CT molecular complexity index is 1780. The number of carbonyl (C=O) groups excluding carboxylic acids is 1. The number of nitrogens with zero attached hydrogens (tertiary/aromatic N) is 4. The van der Waals surface area contributed by atoms with Crippen LogP contribution >= 0.6 is 22.9 Å². The van der Waals surface area contributed by atoms with E-state index in [-0.39, 0.29) is 36.1 Å². The molecule has 1 amide bonds. The lowest BCUT2D eigenvalue weighted by molar-refractivity contribution is -0.131. The maximum Gasteiger partial charge on any atom is 0.337 e. The Morgan fingerprint density at radius 1 is 1.13 bits per heavy atom. The molecule has 0 saturated carbocycles. The Hall–Kier alpha value is -4.50. The highest BCUT2D eigenvalue weighted by Gasteiger charge is 2.36. The van der Waals surface area contributed by atoms with Gasteiger partial charge in [-0.3, -0.25) is 25.5 Å². The number of nitrogens with one attached hydrogen (secondary N) is 2. The molecular weight excluding hydrogens is 610 g/mol. The van der Waals surface area contributed by atoms with Crippen LogP contribution in [-0.2, 0) is 4.79 Å². The molecule has 0 aliphatic carbocycles. The van der Waals surface area contributed by atoms with Crippen LogP contribution in [0.1, 0.15) is 50.8 Å². The summed E-state index contributed by atoms with van der Waals surface area (Å²) in [4.78, 5) is 37.1. The zero-order chi connectivity index (χ0) is 32.4. The Morgan fingerprint density at radius 3 is 2.44 bits per heavy atom. The molecule has 232 valence electrons. The van der Waals surface area contributed by atoms with Gasteiger partial charge in [0, 0.05) is 58.5 Å². The zero-order valence-corrected chi connectivity index (χ0v) is 26.8. The minimum absolute atomic E-state index is 0.0235. The molecule has 0 unspecified atom stereocenters. The highest BCUT2D eigenvalue weighted by Crippen LogP contribution is 2.40. The minimum atomic E-state index is -1.06. The molecule has 45 heavy (non-hydrogen) atoms. The van der Waals surface area contributed by atoms with Gasteiger partial charge in [-0.1, -0.05) is 35.6 Å². The van der Waals surface area contributed by atoms with Crippen LogP contribution in [0.3, 0.4) is 0 Å². The molecular formula is C33H34ClN7O3S. The second-order valence-electron chi connectivity index (χ2n) is 10.9. The van der Waals surface area contributed by atoms with Gasteiger partial charge < -0.3 is 20.6 Å². The number of benzene rings is 2. The number of rotatable bonds is 5. The van der Waals surface area contributed by atoms with Crippen molar-refractivity contribution in [2.45, 2.75) is 33.2 Å². The molecule has 1 saturated heterocycles. The molecule has 3 heterocycles. The van der Waals surface area contributed by atoms with Crippen molar-refractivity contribution in [2.75, 3.05) is 42.5 Å². The number of fused-ring (bicyclic) bond motifs is 1. The van der Waals surface area contributed by atoms with Crippen molar-refractivity contribution >= 4 is 62.9 Å². The summed E-state index contributed by atoms with van der Waals surface area (Å²) in [7, 11) is 0. The first-order valence-corrected chi connectivity index (χ1v) is 15.7. The third-order valence-electron chi connectivity index (χ3n) is 8.03. The first-order valence-electron chi connectivity index (χ1n) is 14.5. The number of hydrogen-bond acceptors (Lipinski definition) is 8. The lowest BCUT2D eigenvalue weighted by atomic mass is 9.99. The van der Waals surface area contributed by atoms with Crippen molar-refractivity contribution in [3.63, 3.8) is 0 Å². The van der Waals surface area contributed by atoms with Crippen LogP contribution < -0.4 is 15.5 Å². The fourth-order valence-electron chi connectivity index (χ4n) is 5.56. The number of carboxylic acid groups (broad SMARTS) is 1. The van der Waals surface area contributed by atoms with Crippen LogP contribution in [0.2, 0.25) is 5.02 Å². The van der Waals surface area contributed by atoms with E-state index < -0.39 is 12.0 Å². The zero-order valence-electron chi connectivity index (χ0n) is 25.3. The average Bonchev–Trinajstić information content (AvgIpc) is 3.24. The normalized spacial score (nSPS) is 16.4. The predicted molar refractivity (Wildman–Crippen MR) is 181 cm³/mol. The number of amides is 1. The number of hydrogen-bond donors (Lipinski definition) is 4. The summed E-state index contributed by atoms with van der Waals surface area (Å²) >= 11 is 7.70. The van der Waals surface area contributed by atoms with Gasteiger partial charge in [0.25, 0.3) is 0 Å². The summed E-state index contributed by atoms with van der Waals surface area (Å²) in [5.41, 5.74) is 10.1. The van der Waals surface area contributed by atoms with Crippen LogP contribution in [0.25, 0.3) is 0 Å². The molecule has 1 fully saturated rings. The van der Waals surface area contributed by atoms with E-state index in [2.05, 4.69) is 11.8 Å². The summed E-state index contributed by atoms with van der Waals surface area (Å²) in [6.45, 7) is 7.71. The molecule has 2 aliphatic rings. The molecule has 0 radical (unpaired) electrons. The molecule has 1 aromatic heterocycles. The SMILES string of the molecule is CC(=N)N1C(=N)[C@H](CC(=O)N2CCN(c3ccc(C#CCN)c(C(=O)O)c3)CC2)N=C(c2ccc(Cl)cc2)c2c1sc(C)c2C. The molecule has 0 spiro atoms. The smallest absolute Gasteiger partial charge is 0.337 e. The summed E-state index contributed by atoms with van der Waals surface area (Å²) in [6, 6.07) is 11.7. The van der Waals surface area contributed by atoms with Crippen LogP contribution in [-0.4, -0.2) is 78.0 Å². The summed E-state index contributed by atoms with van der Waals surface area (Å²) < 4.78 is 0. The van der Waals surface area contributed by atoms with Crippen LogP contribution in [0.15, 0.2) is 47.5 Å². The number of aromatic carboxylic acids is 1. The number of aryl methyl sites for hydroxylation is 1. The number of thiophene rings is 1. The monoisotopic (exact) mass is 643 g/mol. The lowest BCUT2D eigenvalue weighted by Crippen LogP contribution is -2.50. The summed E-state index contributed by atoms with van der Waals surface area (Å²) in [6.07, 6.45) is -0.0235. The van der Waals surface area contributed by atoms with Gasteiger partial charge in [0.1, 0.15) is 22.7 Å². The Kier molecular flexibility index (Phi) is 9.39. The molecule has 12 heteroatoms. The molecule has 10 nitrogen and oxygen atoms in total. The molecule has 2 aliphatic heterocycles. The third kappa shape index (κ3) is 6.49. The van der Waals surface area contributed by atoms with Gasteiger partial charge in [-0.15, -0.1) is 11.3 Å². The molecule has 3 aromatic rings. The van der Waals surface area contributed by atoms with Crippen LogP contribution in [0, 0.1) is 36.5 Å². The van der Waals surface area contributed by atoms with E-state index in [1.54, 1.807) is 41.0 Å². The largest absolute Gasteiger partial charge is 0.478 e. The van der Waals surface area contributed by atoms with Crippen molar-refractivity contribution in [3.05, 3.63) is 80.2 Å². The van der Waals surface area contributed by atoms with Crippen molar-refractivity contribution in [2.24, 2.45) is 10.7 Å². The number of nitrogens with two attached hydrogens (primary N) is 1. The fourth-order valence-corrected chi connectivity index (χ4v) is 6.91. The van der Waals surface area contributed by atoms with Gasteiger partial charge in [-0.25, -0.2) is 4.79 Å². The third-order valence-corrected chi connectivity index (χ3v) is 9.47. The van der Waals surface area contributed by atoms with Gasteiger partial charge in [0.15, 0.2) is 0 Å². The molecule has 5 N–H and O–H groups in total. The highest BCUT2D eigenvalue weighted by molar-refractivity contribution is 7.17. The molecule has 1 atom stereocenters. The van der Waals surface area contributed by atoms with Gasteiger partial charge in [0.05, 0.1) is 24.2 Å². The van der Waals surface area contributed by atoms with E-state index in [9.17, 15) is 14.7 Å². The molecule has 5 rings (SSSR count). The first-order chi connectivity index (χ1) is 21.5. The number of aliphatic imine (C=N–C) groups is 1. The number of carboxylic acids is 1. The minimum Gasteiger partial charge on any atom is -0.478 e. The Balaban J connectivity index is 1.39. The quantitative estimate of drug-likeness (QED) is 0.179. The predicted octanol–water partition coefficient (Wildman–Crippen LogP) is 4.77. The van der Waals surface area contributed by atoms with E-state index in [1.807, 2.05) is 36.9 Å². The molecule has 0 bridgehead atoms. The summed E-state index contributed by atoms with van der Waals surface area (Å²) in [5.74, 6) is 4.58. The van der Waals surface area contributed by atoms with E-state index in [0.29, 0.717) is 42.5 Å². The number of anilines is 2. The number of piperazine rings is 1. The van der Waals surface area contributed by atoms with Gasteiger partial charge in [-0.05, 0) is 56.7 Å². The van der Waals surface area contributed by atoms with Crippen LogP contribution in [0.4, 0.5) is 10.7 Å². The summed E-state index contributed by atoms with van der Waals surface area (Å²) in [5, 5.41) is 28.8. The second-order valence-corrected chi connectivity index (χ2v) is 12.5. The maximum absolute atomic E-state index is 13.7. The molecule has 2 aromatic carbocycles. The average molecular weight is 644 g/mol. The standard InChI is InChI=1S/C33H34ClN7O3S/c1-19-20(2)45-32-29(19)30(23-6-9-24(34)10-7-23)38-27(31(37)41(32)21(3)36)18-28(42)40-15-13-39(14-16-40)25-11-8-22(5-4-12-35)26(17-25)33(43)44/h6-11,17,27,36-37H,12-16,18,35H2,1-3H3,(H,43,44)/t27-/m0/s1.